The molecule has 0 fully saturated rings. The van der Waals surface area contributed by atoms with Crippen molar-refractivity contribution >= 4 is 27.6 Å². The summed E-state index contributed by atoms with van der Waals surface area (Å²) in [5.41, 5.74) is 9.59. The maximum atomic E-state index is 5.27. The predicted octanol–water partition coefficient (Wildman–Crippen LogP) is 13.8. The van der Waals surface area contributed by atoms with Gasteiger partial charge in [0, 0.05) is 17.2 Å². The molecule has 1 aliphatic rings. The van der Waals surface area contributed by atoms with Crippen LogP contribution in [0.5, 0.6) is 0 Å². The zero-order chi connectivity index (χ0) is 34.0. The van der Waals surface area contributed by atoms with Gasteiger partial charge in [0.25, 0.3) is 0 Å². The van der Waals surface area contributed by atoms with Gasteiger partial charge in [-0.25, -0.2) is 4.98 Å². The molecule has 0 saturated heterocycles. The lowest BCUT2D eigenvalue weighted by molar-refractivity contribution is 0.745. The molecule has 48 heavy (non-hydrogen) atoms. The number of imidazole rings is 1. The molecular weight excluding hydrogens is 581 g/mol. The highest BCUT2D eigenvalue weighted by Gasteiger charge is 2.25. The third-order valence-electron chi connectivity index (χ3n) is 8.60. The number of hydrogen-bond acceptors (Lipinski definition) is 1. The lowest BCUT2D eigenvalue weighted by Gasteiger charge is -2.20. The number of fused-ring (bicyclic) bond motifs is 3. The van der Waals surface area contributed by atoms with Crippen LogP contribution in [0.2, 0.25) is 0 Å². The first kappa shape index (κ1) is 34.1. The largest absolute Gasteiger partial charge is 0.293 e. The standard InChI is InChI=1S/C40H30N2.3C2H6/c1-27-14-13-23-36-39(27)41-40(30-19-9-4-10-20-30)42(36)31-24-25-34-35(26-31)38(29-17-7-3-8-18-29)33-22-12-11-21-32(33)37(34)28-15-5-2-6-16-28;3*1-2/h2-13,15-27H,14H2,1H3;3*1-2H3. The molecule has 2 nitrogen and oxygen atoms in total. The van der Waals surface area contributed by atoms with Gasteiger partial charge >= 0.3 is 0 Å². The van der Waals surface area contributed by atoms with Crippen molar-refractivity contribution in [2.24, 2.45) is 0 Å². The first-order valence-corrected chi connectivity index (χ1v) is 17.7. The minimum Gasteiger partial charge on any atom is -0.293 e. The molecule has 6 aromatic carbocycles. The Balaban J connectivity index is 0.000000713. The predicted molar refractivity (Wildman–Crippen MR) is 211 cm³/mol. The number of aromatic nitrogens is 2. The Morgan fingerprint density at radius 1 is 0.521 bits per heavy atom. The summed E-state index contributed by atoms with van der Waals surface area (Å²) in [6.45, 7) is 14.3. The van der Waals surface area contributed by atoms with E-state index in [4.69, 9.17) is 4.98 Å². The maximum Gasteiger partial charge on any atom is 0.145 e. The van der Waals surface area contributed by atoms with Gasteiger partial charge in [-0.15, -0.1) is 0 Å². The van der Waals surface area contributed by atoms with Crippen LogP contribution in [0, 0.1) is 0 Å². The van der Waals surface area contributed by atoms with E-state index < -0.39 is 0 Å². The van der Waals surface area contributed by atoms with E-state index in [1.165, 1.54) is 55.2 Å². The number of rotatable bonds is 4. The average Bonchev–Trinajstić information content (AvgIpc) is 3.58. The van der Waals surface area contributed by atoms with E-state index in [2.05, 4.69) is 157 Å². The highest BCUT2D eigenvalue weighted by molar-refractivity contribution is 6.21. The van der Waals surface area contributed by atoms with Crippen LogP contribution in [-0.2, 0) is 0 Å². The number of benzene rings is 6. The Kier molecular flexibility index (Phi) is 11.4. The fourth-order valence-corrected chi connectivity index (χ4v) is 6.65. The first-order chi connectivity index (χ1) is 23.8. The summed E-state index contributed by atoms with van der Waals surface area (Å²) in [6.07, 6.45) is 5.56. The lowest BCUT2D eigenvalue weighted by atomic mass is 9.86. The monoisotopic (exact) mass is 628 g/mol. The SMILES string of the molecule is CC.CC.CC.CC1CC=Cc2c1nc(-c1ccccc1)n2-c1ccc2c(-c3ccccc3)c3ccccc3c(-c3ccccc3)c2c1. The second-order valence-electron chi connectivity index (χ2n) is 11.2. The van der Waals surface area contributed by atoms with Gasteiger partial charge in [0.2, 0.25) is 0 Å². The molecule has 0 saturated carbocycles. The van der Waals surface area contributed by atoms with E-state index in [0.29, 0.717) is 5.92 Å². The van der Waals surface area contributed by atoms with Gasteiger partial charge in [-0.2, -0.15) is 0 Å². The van der Waals surface area contributed by atoms with E-state index >= 15 is 0 Å². The van der Waals surface area contributed by atoms with Crippen molar-refractivity contribution in [3.63, 3.8) is 0 Å². The van der Waals surface area contributed by atoms with Crippen molar-refractivity contribution in [2.45, 2.75) is 60.8 Å². The second-order valence-corrected chi connectivity index (χ2v) is 11.2. The van der Waals surface area contributed by atoms with Crippen molar-refractivity contribution in [3.05, 3.63) is 151 Å². The molecule has 2 heteroatoms. The van der Waals surface area contributed by atoms with E-state index in [-0.39, 0.29) is 0 Å². The molecule has 242 valence electrons. The summed E-state index contributed by atoms with van der Waals surface area (Å²) in [5.74, 6) is 1.37. The molecule has 0 bridgehead atoms. The Labute approximate surface area is 287 Å². The Morgan fingerprint density at radius 2 is 0.979 bits per heavy atom. The van der Waals surface area contributed by atoms with Crippen LogP contribution in [0.3, 0.4) is 0 Å². The van der Waals surface area contributed by atoms with E-state index in [1.54, 1.807) is 0 Å². The van der Waals surface area contributed by atoms with Crippen molar-refractivity contribution < 1.29 is 0 Å². The molecule has 0 amide bonds. The van der Waals surface area contributed by atoms with E-state index in [9.17, 15) is 0 Å². The third kappa shape index (κ3) is 6.36. The topological polar surface area (TPSA) is 17.8 Å². The van der Waals surface area contributed by atoms with Gasteiger partial charge in [0.15, 0.2) is 0 Å². The zero-order valence-electron chi connectivity index (χ0n) is 29.5. The maximum absolute atomic E-state index is 5.27. The quantitative estimate of drug-likeness (QED) is 0.177. The number of allylic oxidation sites excluding steroid dienone is 1. The summed E-state index contributed by atoms with van der Waals surface area (Å²) in [6, 6.07) is 48.1. The second kappa shape index (κ2) is 16.1. The average molecular weight is 629 g/mol. The summed E-state index contributed by atoms with van der Waals surface area (Å²) in [4.78, 5) is 5.27. The van der Waals surface area contributed by atoms with Crippen LogP contribution < -0.4 is 0 Å². The first-order valence-electron chi connectivity index (χ1n) is 17.7. The van der Waals surface area contributed by atoms with Gasteiger partial charge in [0.1, 0.15) is 5.82 Å². The molecule has 0 spiro atoms. The molecule has 1 aromatic heterocycles. The molecule has 0 radical (unpaired) electrons. The Bertz CT molecular complexity index is 2100. The molecule has 1 unspecified atom stereocenters. The van der Waals surface area contributed by atoms with Crippen molar-refractivity contribution in [2.75, 3.05) is 0 Å². The van der Waals surface area contributed by atoms with E-state index in [0.717, 1.165) is 23.5 Å². The molecular formula is C46H48N2. The molecule has 1 atom stereocenters. The summed E-state index contributed by atoms with van der Waals surface area (Å²) in [5, 5.41) is 5.02. The van der Waals surface area contributed by atoms with Gasteiger partial charge in [0.05, 0.1) is 11.4 Å². The Morgan fingerprint density at radius 3 is 1.52 bits per heavy atom. The van der Waals surface area contributed by atoms with Gasteiger partial charge in [-0.05, 0) is 68.4 Å². The summed E-state index contributed by atoms with van der Waals surface area (Å²) >= 11 is 0. The fourth-order valence-electron chi connectivity index (χ4n) is 6.65. The molecule has 1 heterocycles. The van der Waals surface area contributed by atoms with Gasteiger partial charge < -0.3 is 0 Å². The lowest BCUT2D eigenvalue weighted by Crippen LogP contribution is -2.04. The van der Waals surface area contributed by atoms with Crippen molar-refractivity contribution in [1.29, 1.82) is 0 Å². The van der Waals surface area contributed by atoms with E-state index in [1.807, 2.05) is 41.5 Å². The van der Waals surface area contributed by atoms with Crippen LogP contribution >= 0.6 is 0 Å². The minimum atomic E-state index is 0.377. The number of hydrogen-bond donors (Lipinski definition) is 0. The molecule has 0 N–H and O–H groups in total. The van der Waals surface area contributed by atoms with Crippen LogP contribution in [0.25, 0.3) is 66.9 Å². The molecule has 7 aromatic rings. The van der Waals surface area contributed by atoms with Crippen LogP contribution in [0.15, 0.2) is 140 Å². The highest BCUT2D eigenvalue weighted by atomic mass is 15.1. The van der Waals surface area contributed by atoms with Crippen LogP contribution in [0.1, 0.15) is 72.2 Å². The molecule has 1 aliphatic carbocycles. The minimum absolute atomic E-state index is 0.377. The van der Waals surface area contributed by atoms with Gasteiger partial charge in [-0.1, -0.05) is 176 Å². The normalized spacial score (nSPS) is 12.9. The molecule has 8 rings (SSSR count). The van der Waals surface area contributed by atoms with Crippen LogP contribution in [0.4, 0.5) is 0 Å². The smallest absolute Gasteiger partial charge is 0.145 e. The van der Waals surface area contributed by atoms with Crippen molar-refractivity contribution in [3.8, 4) is 39.3 Å². The molecule has 0 aliphatic heterocycles. The van der Waals surface area contributed by atoms with Crippen LogP contribution in [-0.4, -0.2) is 9.55 Å². The summed E-state index contributed by atoms with van der Waals surface area (Å²) in [7, 11) is 0. The van der Waals surface area contributed by atoms with Crippen molar-refractivity contribution in [1.82, 2.24) is 9.55 Å². The fraction of sp³-hybridized carbons (Fsp3) is 0.196. The Hall–Kier alpha value is -5.21. The number of nitrogens with zero attached hydrogens (tertiary/aromatic N) is 2. The highest BCUT2D eigenvalue weighted by Crippen LogP contribution is 2.45. The summed E-state index contributed by atoms with van der Waals surface area (Å²) < 4.78 is 2.36. The third-order valence-corrected chi connectivity index (χ3v) is 8.60. The van der Waals surface area contributed by atoms with Gasteiger partial charge in [-0.3, -0.25) is 4.57 Å². The zero-order valence-corrected chi connectivity index (χ0v) is 29.5.